The summed E-state index contributed by atoms with van der Waals surface area (Å²) in [4.78, 5) is 50.5. The molecular formula is C24H48N8O5. The second kappa shape index (κ2) is 18.3. The molecule has 13 heteroatoms. The van der Waals surface area contributed by atoms with Gasteiger partial charge in [0.15, 0.2) is 5.96 Å². The third kappa shape index (κ3) is 15.7. The summed E-state index contributed by atoms with van der Waals surface area (Å²) in [6.07, 6.45) is 2.68. The third-order valence-electron chi connectivity index (χ3n) is 5.58. The van der Waals surface area contributed by atoms with Gasteiger partial charge in [-0.2, -0.15) is 0 Å². The van der Waals surface area contributed by atoms with E-state index in [1.807, 2.05) is 27.7 Å². The van der Waals surface area contributed by atoms with E-state index in [9.17, 15) is 24.3 Å². The lowest BCUT2D eigenvalue weighted by atomic mass is 10.0. The zero-order valence-corrected chi connectivity index (χ0v) is 22.6. The van der Waals surface area contributed by atoms with Gasteiger partial charge < -0.3 is 43.6 Å². The summed E-state index contributed by atoms with van der Waals surface area (Å²) < 4.78 is 0. The molecule has 0 aromatic carbocycles. The maximum atomic E-state index is 13.2. The number of hydrogen-bond donors (Lipinski definition) is 9. The van der Waals surface area contributed by atoms with E-state index in [-0.39, 0.29) is 37.1 Å². The van der Waals surface area contributed by atoms with Crippen LogP contribution in [0.15, 0.2) is 0 Å². The van der Waals surface area contributed by atoms with Gasteiger partial charge in [-0.05, 0) is 63.3 Å². The standard InChI is InChI=1S/C24H48N8O5/c1-14(2)12-16(26)20(33)30-18(9-7-11-29-24(27)28)21(34)31-17(8-5-6-10-25)22(35)32-19(23(36)37)13-15(3)4/h14-19H,5-13,25-26H2,1-4H3,(H,30,33)(H,31,34)(H,32,35)(H,36,37)(H4,27,28,29)/t16-,17-,18-,19-/m0/s1. The summed E-state index contributed by atoms with van der Waals surface area (Å²) in [5.74, 6) is -2.84. The molecule has 13 nitrogen and oxygen atoms in total. The van der Waals surface area contributed by atoms with E-state index in [1.165, 1.54) is 0 Å². The zero-order valence-electron chi connectivity index (χ0n) is 22.6. The summed E-state index contributed by atoms with van der Waals surface area (Å²) in [7, 11) is 0. The minimum absolute atomic E-state index is 0.0323. The highest BCUT2D eigenvalue weighted by atomic mass is 16.4. The van der Waals surface area contributed by atoms with Crippen LogP contribution in [0.25, 0.3) is 0 Å². The van der Waals surface area contributed by atoms with Gasteiger partial charge in [-0.1, -0.05) is 27.7 Å². The number of nitrogens with one attached hydrogen (secondary N) is 5. The van der Waals surface area contributed by atoms with E-state index < -0.39 is 47.9 Å². The largest absolute Gasteiger partial charge is 0.480 e. The number of rotatable bonds is 19. The average molecular weight is 529 g/mol. The molecule has 12 N–H and O–H groups in total. The van der Waals surface area contributed by atoms with E-state index in [2.05, 4.69) is 21.3 Å². The normalized spacial score (nSPS) is 14.4. The Balaban J connectivity index is 5.60. The Kier molecular flexibility index (Phi) is 16.9. The smallest absolute Gasteiger partial charge is 0.326 e. The minimum Gasteiger partial charge on any atom is -0.480 e. The van der Waals surface area contributed by atoms with E-state index in [1.54, 1.807) is 0 Å². The quantitative estimate of drug-likeness (QED) is 0.0586. The molecule has 0 fully saturated rings. The highest BCUT2D eigenvalue weighted by Gasteiger charge is 2.30. The lowest BCUT2D eigenvalue weighted by Crippen LogP contribution is -2.57. The monoisotopic (exact) mass is 528 g/mol. The summed E-state index contributed by atoms with van der Waals surface area (Å²) >= 11 is 0. The second-order valence-electron chi connectivity index (χ2n) is 10.2. The predicted molar refractivity (Wildman–Crippen MR) is 142 cm³/mol. The second-order valence-corrected chi connectivity index (χ2v) is 10.2. The van der Waals surface area contributed by atoms with Gasteiger partial charge in [0.05, 0.1) is 6.04 Å². The van der Waals surface area contributed by atoms with Crippen molar-refractivity contribution >= 4 is 29.7 Å². The maximum absolute atomic E-state index is 13.2. The fourth-order valence-corrected chi connectivity index (χ4v) is 3.69. The van der Waals surface area contributed by atoms with Crippen molar-refractivity contribution in [3.8, 4) is 0 Å². The first kappa shape index (κ1) is 34.1. The first-order valence-corrected chi connectivity index (χ1v) is 13.0. The highest BCUT2D eigenvalue weighted by molar-refractivity contribution is 5.94. The van der Waals surface area contributed by atoms with Crippen molar-refractivity contribution < 1.29 is 24.3 Å². The van der Waals surface area contributed by atoms with Crippen LogP contribution in [-0.4, -0.2) is 72.0 Å². The Hall–Kier alpha value is -2.93. The van der Waals surface area contributed by atoms with Crippen LogP contribution in [0.1, 0.15) is 72.6 Å². The third-order valence-corrected chi connectivity index (χ3v) is 5.58. The summed E-state index contributed by atoms with van der Waals surface area (Å²) in [5, 5.41) is 27.3. The Morgan fingerprint density at radius 2 is 1.27 bits per heavy atom. The number of carboxylic acids is 1. The van der Waals surface area contributed by atoms with Crippen LogP contribution in [0.4, 0.5) is 0 Å². The van der Waals surface area contributed by atoms with Gasteiger partial charge in [-0.15, -0.1) is 0 Å². The number of hydrogen-bond acceptors (Lipinski definition) is 7. The van der Waals surface area contributed by atoms with Gasteiger partial charge in [-0.25, -0.2) is 4.79 Å². The Bertz CT molecular complexity index is 747. The fraction of sp³-hybridized carbons (Fsp3) is 0.792. The molecule has 4 atom stereocenters. The number of aliphatic carboxylic acids is 1. The van der Waals surface area contributed by atoms with Crippen LogP contribution in [0.5, 0.6) is 0 Å². The Morgan fingerprint density at radius 3 is 1.73 bits per heavy atom. The van der Waals surface area contributed by atoms with Crippen molar-refractivity contribution in [3.05, 3.63) is 0 Å². The van der Waals surface area contributed by atoms with Crippen LogP contribution in [0, 0.1) is 17.2 Å². The molecule has 0 bridgehead atoms. The zero-order chi connectivity index (χ0) is 28.5. The first-order chi connectivity index (χ1) is 17.3. The van der Waals surface area contributed by atoms with Crippen molar-refractivity contribution in [2.75, 3.05) is 13.1 Å². The molecular weight excluding hydrogens is 480 g/mol. The van der Waals surface area contributed by atoms with E-state index >= 15 is 0 Å². The van der Waals surface area contributed by atoms with Gasteiger partial charge in [0.25, 0.3) is 0 Å². The molecule has 0 heterocycles. The number of nitrogens with two attached hydrogens (primary N) is 3. The number of carbonyl (C=O) groups is 4. The van der Waals surface area contributed by atoms with Crippen molar-refractivity contribution in [1.29, 1.82) is 5.41 Å². The molecule has 0 aromatic rings. The molecule has 37 heavy (non-hydrogen) atoms. The van der Waals surface area contributed by atoms with Gasteiger partial charge in [-0.3, -0.25) is 19.8 Å². The van der Waals surface area contributed by atoms with E-state index in [0.717, 1.165) is 0 Å². The number of unbranched alkanes of at least 4 members (excludes halogenated alkanes) is 1. The van der Waals surface area contributed by atoms with Gasteiger partial charge in [0.2, 0.25) is 17.7 Å². The van der Waals surface area contributed by atoms with E-state index in [0.29, 0.717) is 38.8 Å². The van der Waals surface area contributed by atoms with E-state index in [4.69, 9.17) is 22.6 Å². The van der Waals surface area contributed by atoms with Crippen LogP contribution < -0.4 is 38.5 Å². The van der Waals surface area contributed by atoms with Crippen LogP contribution >= 0.6 is 0 Å². The van der Waals surface area contributed by atoms with Crippen LogP contribution in [0.3, 0.4) is 0 Å². The van der Waals surface area contributed by atoms with Gasteiger partial charge >= 0.3 is 5.97 Å². The Morgan fingerprint density at radius 1 is 0.784 bits per heavy atom. The lowest BCUT2D eigenvalue weighted by Gasteiger charge is -2.26. The van der Waals surface area contributed by atoms with Crippen molar-refractivity contribution in [2.45, 2.75) is 96.8 Å². The van der Waals surface area contributed by atoms with Crippen molar-refractivity contribution in [2.24, 2.45) is 29.0 Å². The van der Waals surface area contributed by atoms with Crippen LogP contribution in [-0.2, 0) is 19.2 Å². The Labute approximate surface area is 219 Å². The molecule has 0 saturated carbocycles. The predicted octanol–water partition coefficient (Wildman–Crippen LogP) is -0.663. The lowest BCUT2D eigenvalue weighted by molar-refractivity contribution is -0.142. The number of amides is 3. The fourth-order valence-electron chi connectivity index (χ4n) is 3.69. The summed E-state index contributed by atoms with van der Waals surface area (Å²) in [6.45, 7) is 8.27. The molecule has 0 unspecified atom stereocenters. The van der Waals surface area contributed by atoms with Crippen molar-refractivity contribution in [3.63, 3.8) is 0 Å². The molecule has 0 spiro atoms. The van der Waals surface area contributed by atoms with Crippen LogP contribution in [0.2, 0.25) is 0 Å². The molecule has 0 aliphatic heterocycles. The maximum Gasteiger partial charge on any atom is 0.326 e. The van der Waals surface area contributed by atoms with Gasteiger partial charge in [0, 0.05) is 6.54 Å². The van der Waals surface area contributed by atoms with Crippen molar-refractivity contribution in [1.82, 2.24) is 21.3 Å². The highest BCUT2D eigenvalue weighted by Crippen LogP contribution is 2.09. The molecule has 0 saturated heterocycles. The molecule has 0 aromatic heterocycles. The number of carbonyl (C=O) groups excluding carboxylic acids is 3. The molecule has 0 rings (SSSR count). The molecule has 0 radical (unpaired) electrons. The number of carboxylic acid groups (broad SMARTS) is 1. The SMILES string of the molecule is CC(C)C[C@H](NC(=O)[C@H](CCCCN)NC(=O)[C@H](CCCNC(=N)N)NC(=O)[C@@H](N)CC(C)C)C(=O)O. The molecule has 214 valence electrons. The molecule has 0 aliphatic rings. The molecule has 0 aliphatic carbocycles. The summed E-state index contributed by atoms with van der Waals surface area (Å²) in [6, 6.07) is -3.90. The molecule has 3 amide bonds. The number of guanidine groups is 1. The summed E-state index contributed by atoms with van der Waals surface area (Å²) in [5.41, 5.74) is 16.8. The average Bonchev–Trinajstić information content (AvgIpc) is 2.78. The minimum atomic E-state index is -1.16. The van der Waals surface area contributed by atoms with Gasteiger partial charge in [0.1, 0.15) is 18.1 Å². The topological polar surface area (TPSA) is 239 Å². The first-order valence-electron chi connectivity index (χ1n) is 13.0.